The van der Waals surface area contributed by atoms with Gasteiger partial charge in [0.1, 0.15) is 17.1 Å². The Labute approximate surface area is 142 Å². The number of aliphatic hydroxyl groups is 1. The van der Waals surface area contributed by atoms with Crippen molar-refractivity contribution in [1.82, 2.24) is 0 Å². The first-order chi connectivity index (χ1) is 11.4. The van der Waals surface area contributed by atoms with E-state index in [4.69, 9.17) is 9.47 Å². The van der Waals surface area contributed by atoms with E-state index in [1.165, 1.54) is 0 Å². The highest BCUT2D eigenvalue weighted by molar-refractivity contribution is 5.79. The zero-order chi connectivity index (χ0) is 17.4. The molecule has 3 rings (SSSR count). The molecule has 1 aliphatic heterocycles. The topological polar surface area (TPSA) is 51.0 Å². The quantitative estimate of drug-likeness (QED) is 0.885. The van der Waals surface area contributed by atoms with E-state index >= 15 is 0 Å². The highest BCUT2D eigenvalue weighted by Gasteiger charge is 2.53. The summed E-state index contributed by atoms with van der Waals surface area (Å²) in [6.07, 6.45) is 1.89. The van der Waals surface area contributed by atoms with Gasteiger partial charge in [0.2, 0.25) is 0 Å². The second-order valence-corrected chi connectivity index (χ2v) is 6.63. The van der Waals surface area contributed by atoms with Crippen LogP contribution in [0.15, 0.2) is 53.5 Å². The first-order valence-electron chi connectivity index (χ1n) is 7.98. The molecule has 0 bridgehead atoms. The van der Waals surface area contributed by atoms with Crippen LogP contribution in [-0.4, -0.2) is 31.6 Å². The third-order valence-corrected chi connectivity index (χ3v) is 4.99. The second kappa shape index (κ2) is 5.95. The summed E-state index contributed by atoms with van der Waals surface area (Å²) in [6.45, 7) is 4.08. The lowest BCUT2D eigenvalue weighted by atomic mass is 9.65. The lowest BCUT2D eigenvalue weighted by molar-refractivity contribution is -0.0347. The van der Waals surface area contributed by atoms with Crippen molar-refractivity contribution in [2.45, 2.75) is 25.5 Å². The van der Waals surface area contributed by atoms with E-state index in [0.29, 0.717) is 0 Å². The molecule has 0 aliphatic carbocycles. The van der Waals surface area contributed by atoms with Crippen LogP contribution in [0, 0.1) is 5.41 Å². The van der Waals surface area contributed by atoms with Crippen LogP contribution in [0.4, 0.5) is 0 Å². The summed E-state index contributed by atoms with van der Waals surface area (Å²) in [5.41, 5.74) is -0.0500. The maximum atomic E-state index is 11.9. The van der Waals surface area contributed by atoms with E-state index in [9.17, 15) is 5.11 Å². The third kappa shape index (κ3) is 2.57. The molecule has 2 aromatic rings. The first kappa shape index (κ1) is 16.5. The monoisotopic (exact) mass is 325 g/mol. The Morgan fingerprint density at radius 3 is 1.50 bits per heavy atom. The minimum atomic E-state index is -1.19. The fourth-order valence-corrected chi connectivity index (χ4v) is 3.20. The Balaban J connectivity index is 2.11. The molecule has 0 spiro atoms. The van der Waals surface area contributed by atoms with Crippen LogP contribution in [0.25, 0.3) is 0 Å². The van der Waals surface area contributed by atoms with Crippen LogP contribution < -0.4 is 9.47 Å². The molecule has 0 aromatic heterocycles. The summed E-state index contributed by atoms with van der Waals surface area (Å²) in [7, 11) is 3.26. The zero-order valence-corrected chi connectivity index (χ0v) is 14.5. The maximum absolute atomic E-state index is 11.9. The number of methoxy groups -OCH3 is 2. The Hall–Kier alpha value is -2.33. The fraction of sp³-hybridized carbons (Fsp3) is 0.350. The number of nitrogens with zero attached hydrogens (tertiary/aromatic N) is 1. The standard InChI is InChI=1S/C20H23NO3/c1-19(2,18-13-21-18)20(22,14-5-9-16(23-3)10-6-14)15-7-11-17(24-4)12-8-15/h5-13,18,22H,1-4H3. The van der Waals surface area contributed by atoms with Crippen molar-refractivity contribution >= 4 is 6.21 Å². The first-order valence-corrected chi connectivity index (χ1v) is 7.98. The van der Waals surface area contributed by atoms with Crippen molar-refractivity contribution in [3.63, 3.8) is 0 Å². The summed E-state index contributed by atoms with van der Waals surface area (Å²) in [5, 5.41) is 11.9. The van der Waals surface area contributed by atoms with Gasteiger partial charge in [-0.25, -0.2) is 0 Å². The average molecular weight is 325 g/mol. The Kier molecular flexibility index (Phi) is 4.10. The van der Waals surface area contributed by atoms with E-state index in [-0.39, 0.29) is 6.04 Å². The highest BCUT2D eigenvalue weighted by Crippen LogP contribution is 2.50. The molecule has 126 valence electrons. The maximum Gasteiger partial charge on any atom is 0.122 e. The minimum Gasteiger partial charge on any atom is -0.497 e. The highest BCUT2D eigenvalue weighted by atomic mass is 16.5. The van der Waals surface area contributed by atoms with Crippen molar-refractivity contribution in [3.05, 3.63) is 59.7 Å². The fourth-order valence-electron chi connectivity index (χ4n) is 3.20. The Morgan fingerprint density at radius 1 is 0.833 bits per heavy atom. The van der Waals surface area contributed by atoms with Crippen molar-refractivity contribution in [2.75, 3.05) is 14.2 Å². The molecule has 1 unspecified atom stereocenters. The molecule has 0 saturated heterocycles. The molecule has 2 aromatic carbocycles. The predicted molar refractivity (Wildman–Crippen MR) is 95.0 cm³/mol. The Bertz CT molecular complexity index is 679. The van der Waals surface area contributed by atoms with Gasteiger partial charge in [0.25, 0.3) is 0 Å². The van der Waals surface area contributed by atoms with Gasteiger partial charge in [-0.1, -0.05) is 38.1 Å². The van der Waals surface area contributed by atoms with Gasteiger partial charge in [0.05, 0.1) is 20.3 Å². The second-order valence-electron chi connectivity index (χ2n) is 6.63. The van der Waals surface area contributed by atoms with Crippen LogP contribution in [0.2, 0.25) is 0 Å². The number of rotatable bonds is 6. The molecule has 0 radical (unpaired) electrons. The summed E-state index contributed by atoms with van der Waals surface area (Å²) in [6, 6.07) is 15.1. The van der Waals surface area contributed by atoms with Crippen molar-refractivity contribution in [2.24, 2.45) is 10.4 Å². The number of aliphatic imine (C=N–C) groups is 1. The van der Waals surface area contributed by atoms with E-state index in [2.05, 4.69) is 4.99 Å². The number of hydrogen-bond acceptors (Lipinski definition) is 4. The summed E-state index contributed by atoms with van der Waals surface area (Å²) in [4.78, 5) is 4.32. The molecule has 0 fully saturated rings. The van der Waals surface area contributed by atoms with E-state index in [0.717, 1.165) is 22.6 Å². The largest absolute Gasteiger partial charge is 0.497 e. The number of hydrogen-bond donors (Lipinski definition) is 1. The number of benzene rings is 2. The summed E-state index contributed by atoms with van der Waals surface area (Å²) >= 11 is 0. The molecular weight excluding hydrogens is 302 g/mol. The lowest BCUT2D eigenvalue weighted by Gasteiger charge is -2.43. The lowest BCUT2D eigenvalue weighted by Crippen LogP contribution is -2.47. The van der Waals surface area contributed by atoms with Crippen molar-refractivity contribution < 1.29 is 14.6 Å². The van der Waals surface area contributed by atoms with E-state index < -0.39 is 11.0 Å². The Morgan fingerprint density at radius 2 is 1.21 bits per heavy atom. The van der Waals surface area contributed by atoms with Crippen LogP contribution >= 0.6 is 0 Å². The van der Waals surface area contributed by atoms with Crippen LogP contribution in [0.3, 0.4) is 0 Å². The molecule has 1 atom stereocenters. The molecule has 24 heavy (non-hydrogen) atoms. The van der Waals surface area contributed by atoms with Crippen molar-refractivity contribution in [3.8, 4) is 11.5 Å². The number of ether oxygens (including phenoxy) is 2. The summed E-state index contributed by atoms with van der Waals surface area (Å²) in [5.74, 6) is 1.52. The molecule has 0 amide bonds. The molecule has 4 heteroatoms. The third-order valence-electron chi connectivity index (χ3n) is 4.99. The zero-order valence-electron chi connectivity index (χ0n) is 14.5. The van der Waals surface area contributed by atoms with Crippen LogP contribution in [0.1, 0.15) is 25.0 Å². The van der Waals surface area contributed by atoms with Gasteiger partial charge in [-0.15, -0.1) is 0 Å². The van der Waals surface area contributed by atoms with Gasteiger partial charge in [-0.3, -0.25) is 4.99 Å². The minimum absolute atomic E-state index is 0.0201. The van der Waals surface area contributed by atoms with Crippen LogP contribution in [-0.2, 0) is 5.60 Å². The van der Waals surface area contributed by atoms with E-state index in [1.807, 2.05) is 68.6 Å². The van der Waals surface area contributed by atoms with Gasteiger partial charge in [-0.2, -0.15) is 0 Å². The molecule has 0 saturated carbocycles. The van der Waals surface area contributed by atoms with Crippen molar-refractivity contribution in [1.29, 1.82) is 0 Å². The van der Waals surface area contributed by atoms with Crippen LogP contribution in [0.5, 0.6) is 11.5 Å². The molecule has 4 nitrogen and oxygen atoms in total. The van der Waals surface area contributed by atoms with Gasteiger partial charge in [0, 0.05) is 11.6 Å². The molecule has 1 heterocycles. The van der Waals surface area contributed by atoms with Gasteiger partial charge >= 0.3 is 0 Å². The van der Waals surface area contributed by atoms with Gasteiger partial charge in [-0.05, 0) is 35.4 Å². The molecule has 1 N–H and O–H groups in total. The van der Waals surface area contributed by atoms with E-state index in [1.54, 1.807) is 14.2 Å². The molecule has 1 aliphatic rings. The SMILES string of the molecule is COc1ccc(C(O)(c2ccc(OC)cc2)C(C)(C)C2C=N2)cc1. The molecular formula is C20H23NO3. The normalized spacial score (nSPS) is 16.8. The average Bonchev–Trinajstić information content (AvgIpc) is 3.46. The smallest absolute Gasteiger partial charge is 0.122 e. The summed E-state index contributed by atoms with van der Waals surface area (Å²) < 4.78 is 10.5. The van der Waals surface area contributed by atoms with Gasteiger partial charge < -0.3 is 14.6 Å². The predicted octanol–water partition coefficient (Wildman–Crippen LogP) is 3.42. The van der Waals surface area contributed by atoms with Gasteiger partial charge in [0.15, 0.2) is 0 Å².